The van der Waals surface area contributed by atoms with Crippen LogP contribution in [0.1, 0.15) is 30.6 Å². The molecule has 29 heavy (non-hydrogen) atoms. The van der Waals surface area contributed by atoms with Gasteiger partial charge in [-0.15, -0.1) is 0 Å². The van der Waals surface area contributed by atoms with Crippen LogP contribution in [0, 0.1) is 0 Å². The zero-order valence-electron chi connectivity index (χ0n) is 16.5. The number of carbonyl (C=O) groups is 1. The van der Waals surface area contributed by atoms with Crippen molar-refractivity contribution in [2.24, 2.45) is 0 Å². The molecule has 0 saturated heterocycles. The van der Waals surface area contributed by atoms with E-state index in [1.54, 1.807) is 24.3 Å². The van der Waals surface area contributed by atoms with Gasteiger partial charge >= 0.3 is 0 Å². The maximum Gasteiger partial charge on any atom is 0.257 e. The van der Waals surface area contributed by atoms with Crippen LogP contribution >= 0.6 is 28.1 Å². The van der Waals surface area contributed by atoms with Crippen molar-refractivity contribution < 1.29 is 19.0 Å². The Morgan fingerprint density at radius 2 is 1.90 bits per heavy atom. The molecule has 2 N–H and O–H groups in total. The minimum Gasteiger partial charge on any atom is -0.492 e. The Morgan fingerprint density at radius 3 is 2.62 bits per heavy atom. The SMILES string of the molecule is CCCOc1ccc(C(=O)NC(=S)Nc2cccc(OCCOCC)c2)cc1Br. The van der Waals surface area contributed by atoms with Crippen molar-refractivity contribution in [3.8, 4) is 11.5 Å². The van der Waals surface area contributed by atoms with Crippen molar-refractivity contribution in [1.82, 2.24) is 5.32 Å². The van der Waals surface area contributed by atoms with Crippen LogP contribution in [-0.4, -0.2) is 37.4 Å². The molecule has 0 heterocycles. The minimum absolute atomic E-state index is 0.198. The average Bonchev–Trinajstić information content (AvgIpc) is 2.70. The summed E-state index contributed by atoms with van der Waals surface area (Å²) in [5.74, 6) is 1.08. The molecule has 2 aromatic rings. The maximum atomic E-state index is 12.5. The fourth-order valence-electron chi connectivity index (χ4n) is 2.34. The molecule has 0 saturated carbocycles. The molecule has 6 nitrogen and oxygen atoms in total. The normalized spacial score (nSPS) is 10.3. The van der Waals surface area contributed by atoms with Crippen LogP contribution < -0.4 is 20.1 Å². The third-order valence-electron chi connectivity index (χ3n) is 3.68. The van der Waals surface area contributed by atoms with Gasteiger partial charge in [-0.3, -0.25) is 10.1 Å². The van der Waals surface area contributed by atoms with Gasteiger partial charge in [-0.05, 0) is 71.8 Å². The molecule has 2 aromatic carbocycles. The maximum absolute atomic E-state index is 12.5. The number of amides is 1. The van der Waals surface area contributed by atoms with Crippen LogP contribution in [0.5, 0.6) is 11.5 Å². The van der Waals surface area contributed by atoms with Crippen molar-refractivity contribution in [3.63, 3.8) is 0 Å². The molecule has 0 bridgehead atoms. The number of anilines is 1. The third kappa shape index (κ3) is 8.00. The van der Waals surface area contributed by atoms with Gasteiger partial charge in [0.2, 0.25) is 0 Å². The molecule has 8 heteroatoms. The van der Waals surface area contributed by atoms with Crippen LogP contribution in [0.2, 0.25) is 0 Å². The Hall–Kier alpha value is -2.16. The standard InChI is InChI=1S/C21H25BrN2O4S/c1-3-10-28-19-9-8-15(13-18(19)22)20(25)24-21(29)23-16-6-5-7-17(14-16)27-12-11-26-4-2/h5-9,13-14H,3-4,10-12H2,1-2H3,(H2,23,24,25,29). The molecule has 0 spiro atoms. The molecule has 0 aliphatic rings. The highest BCUT2D eigenvalue weighted by Gasteiger charge is 2.11. The lowest BCUT2D eigenvalue weighted by Crippen LogP contribution is -2.34. The Bertz CT molecular complexity index is 832. The van der Waals surface area contributed by atoms with Crippen molar-refractivity contribution in [2.75, 3.05) is 31.7 Å². The summed E-state index contributed by atoms with van der Waals surface area (Å²) in [5, 5.41) is 5.86. The number of thiocarbonyl (C=S) groups is 1. The van der Waals surface area contributed by atoms with E-state index in [1.807, 2.05) is 32.0 Å². The Kier molecular flexibility index (Phi) is 9.90. The van der Waals surface area contributed by atoms with Crippen LogP contribution in [0.15, 0.2) is 46.9 Å². The van der Waals surface area contributed by atoms with Crippen LogP contribution in [-0.2, 0) is 4.74 Å². The van der Waals surface area contributed by atoms with Gasteiger partial charge in [0.05, 0.1) is 17.7 Å². The first kappa shape index (κ1) is 23.1. The fraction of sp³-hybridized carbons (Fsp3) is 0.333. The largest absolute Gasteiger partial charge is 0.492 e. The zero-order valence-corrected chi connectivity index (χ0v) is 18.9. The summed E-state index contributed by atoms with van der Waals surface area (Å²) in [4.78, 5) is 12.5. The predicted molar refractivity (Wildman–Crippen MR) is 122 cm³/mol. The van der Waals surface area contributed by atoms with Gasteiger partial charge in [0.25, 0.3) is 5.91 Å². The second-order valence-electron chi connectivity index (χ2n) is 5.98. The summed E-state index contributed by atoms with van der Waals surface area (Å²) < 4.78 is 17.2. The molecule has 1 amide bonds. The molecule has 0 aromatic heterocycles. The van der Waals surface area contributed by atoms with Gasteiger partial charge < -0.3 is 19.5 Å². The molecule has 2 rings (SSSR count). The number of hydrogen-bond donors (Lipinski definition) is 2. The molecular formula is C21H25BrN2O4S. The lowest BCUT2D eigenvalue weighted by atomic mass is 10.2. The highest BCUT2D eigenvalue weighted by Crippen LogP contribution is 2.26. The van der Waals surface area contributed by atoms with E-state index in [-0.39, 0.29) is 11.0 Å². The van der Waals surface area contributed by atoms with Crippen molar-refractivity contribution >= 4 is 44.9 Å². The smallest absolute Gasteiger partial charge is 0.257 e. The van der Waals surface area contributed by atoms with Crippen molar-refractivity contribution in [3.05, 3.63) is 52.5 Å². The number of hydrogen-bond acceptors (Lipinski definition) is 5. The van der Waals surface area contributed by atoms with Gasteiger partial charge in [0.15, 0.2) is 5.11 Å². The number of halogens is 1. The first-order valence-corrected chi connectivity index (χ1v) is 10.6. The minimum atomic E-state index is -0.311. The molecule has 0 unspecified atom stereocenters. The van der Waals surface area contributed by atoms with Crippen LogP contribution in [0.25, 0.3) is 0 Å². The van der Waals surface area contributed by atoms with Crippen LogP contribution in [0.3, 0.4) is 0 Å². The topological polar surface area (TPSA) is 68.8 Å². The van der Waals surface area contributed by atoms with E-state index in [9.17, 15) is 4.79 Å². The molecule has 0 radical (unpaired) electrons. The Morgan fingerprint density at radius 1 is 1.07 bits per heavy atom. The average molecular weight is 481 g/mol. The van der Waals surface area contributed by atoms with E-state index in [0.29, 0.717) is 49.2 Å². The van der Waals surface area contributed by atoms with Gasteiger partial charge in [0, 0.05) is 23.9 Å². The quantitative estimate of drug-likeness (QED) is 0.376. The van der Waals surface area contributed by atoms with Gasteiger partial charge in [0.1, 0.15) is 18.1 Å². The summed E-state index contributed by atoms with van der Waals surface area (Å²) in [6.45, 7) is 6.24. The predicted octanol–water partition coefficient (Wildman–Crippen LogP) is 4.78. The van der Waals surface area contributed by atoms with Crippen LogP contribution in [0.4, 0.5) is 5.69 Å². The second kappa shape index (κ2) is 12.4. The fourth-order valence-corrected chi connectivity index (χ4v) is 3.04. The van der Waals surface area contributed by atoms with Gasteiger partial charge in [-0.2, -0.15) is 0 Å². The van der Waals surface area contributed by atoms with E-state index in [2.05, 4.69) is 26.6 Å². The number of ether oxygens (including phenoxy) is 3. The monoisotopic (exact) mass is 480 g/mol. The first-order valence-electron chi connectivity index (χ1n) is 9.38. The van der Waals surface area contributed by atoms with E-state index in [1.165, 1.54) is 0 Å². The lowest BCUT2D eigenvalue weighted by molar-refractivity contribution is 0.0977. The number of benzene rings is 2. The number of carbonyl (C=O) groups excluding carboxylic acids is 1. The molecule has 0 aliphatic heterocycles. The van der Waals surface area contributed by atoms with Crippen molar-refractivity contribution in [2.45, 2.75) is 20.3 Å². The molecular weight excluding hydrogens is 456 g/mol. The third-order valence-corrected chi connectivity index (χ3v) is 4.50. The first-order chi connectivity index (χ1) is 14.0. The summed E-state index contributed by atoms with van der Waals surface area (Å²) in [6.07, 6.45) is 0.910. The zero-order chi connectivity index (χ0) is 21.1. The van der Waals surface area contributed by atoms with E-state index >= 15 is 0 Å². The summed E-state index contributed by atoms with van der Waals surface area (Å²) in [5.41, 5.74) is 1.19. The highest BCUT2D eigenvalue weighted by atomic mass is 79.9. The Labute approximate surface area is 185 Å². The molecule has 0 fully saturated rings. The Balaban J connectivity index is 1.90. The van der Waals surface area contributed by atoms with E-state index < -0.39 is 0 Å². The lowest BCUT2D eigenvalue weighted by Gasteiger charge is -2.12. The van der Waals surface area contributed by atoms with E-state index in [0.717, 1.165) is 10.9 Å². The number of nitrogens with one attached hydrogen (secondary N) is 2. The summed E-state index contributed by atoms with van der Waals surface area (Å²) in [7, 11) is 0. The van der Waals surface area contributed by atoms with E-state index in [4.69, 9.17) is 26.4 Å². The highest BCUT2D eigenvalue weighted by molar-refractivity contribution is 9.10. The number of rotatable bonds is 10. The van der Waals surface area contributed by atoms with Crippen molar-refractivity contribution in [1.29, 1.82) is 0 Å². The summed E-state index contributed by atoms with van der Waals surface area (Å²) >= 11 is 8.68. The van der Waals surface area contributed by atoms with Gasteiger partial charge in [-0.25, -0.2) is 0 Å². The summed E-state index contributed by atoms with van der Waals surface area (Å²) in [6, 6.07) is 12.5. The second-order valence-corrected chi connectivity index (χ2v) is 7.24. The molecule has 0 atom stereocenters. The van der Waals surface area contributed by atoms with Gasteiger partial charge in [-0.1, -0.05) is 13.0 Å². The molecule has 0 aliphatic carbocycles. The molecule has 156 valence electrons.